The Balaban J connectivity index is 2.02. The molecule has 1 aromatic rings. The number of carbonyl (C=O) groups excluding carboxylic acids is 1. The van der Waals surface area contributed by atoms with Gasteiger partial charge in [-0.2, -0.15) is 0 Å². The Morgan fingerprint density at radius 3 is 2.79 bits per heavy atom. The molecule has 5 heteroatoms. The second-order valence-electron chi connectivity index (χ2n) is 5.36. The maximum Gasteiger partial charge on any atom is 0.176 e. The van der Waals surface area contributed by atoms with E-state index in [0.29, 0.717) is 13.0 Å². The van der Waals surface area contributed by atoms with Crippen molar-refractivity contribution in [3.8, 4) is 0 Å². The summed E-state index contributed by atoms with van der Waals surface area (Å²) >= 11 is 0. The number of piperidine rings is 1. The van der Waals surface area contributed by atoms with Gasteiger partial charge in [-0.15, -0.1) is 0 Å². The fourth-order valence-corrected chi connectivity index (χ4v) is 2.42. The fraction of sp³-hybridized carbons (Fsp3) is 0.500. The molecule has 1 N–H and O–H groups in total. The number of hydrogen-bond acceptors (Lipinski definition) is 3. The molecule has 104 valence electrons. The molecule has 3 nitrogen and oxygen atoms in total. The molecule has 0 spiro atoms. The topological polar surface area (TPSA) is 40.5 Å². The summed E-state index contributed by atoms with van der Waals surface area (Å²) in [6, 6.07) is 3.15. The van der Waals surface area contributed by atoms with Gasteiger partial charge in [0.05, 0.1) is 12.1 Å². The number of carbonyl (C=O) groups is 1. The highest BCUT2D eigenvalue weighted by atomic mass is 19.2. The number of halogens is 2. The molecule has 1 aromatic carbocycles. The smallest absolute Gasteiger partial charge is 0.176 e. The Kier molecular flexibility index (Phi) is 3.96. The predicted octanol–water partition coefficient (Wildman–Crippen LogP) is 1.99. The van der Waals surface area contributed by atoms with Crippen molar-refractivity contribution in [1.82, 2.24) is 4.90 Å². The highest BCUT2D eigenvalue weighted by molar-refractivity contribution is 5.97. The average molecular weight is 269 g/mol. The molecule has 1 atom stereocenters. The first-order valence-corrected chi connectivity index (χ1v) is 6.30. The van der Waals surface area contributed by atoms with Crippen LogP contribution in [0.2, 0.25) is 0 Å². The number of nitrogens with zero attached hydrogens (tertiary/aromatic N) is 1. The van der Waals surface area contributed by atoms with Crippen LogP contribution in [0.15, 0.2) is 18.2 Å². The van der Waals surface area contributed by atoms with Gasteiger partial charge in [0.25, 0.3) is 0 Å². The van der Waals surface area contributed by atoms with Gasteiger partial charge in [0.1, 0.15) is 0 Å². The van der Waals surface area contributed by atoms with E-state index in [1.54, 1.807) is 6.92 Å². The van der Waals surface area contributed by atoms with Crippen LogP contribution in [0.4, 0.5) is 8.78 Å². The minimum Gasteiger partial charge on any atom is -0.389 e. The zero-order chi connectivity index (χ0) is 14.0. The fourth-order valence-electron chi connectivity index (χ4n) is 2.42. The molecule has 2 rings (SSSR count). The summed E-state index contributed by atoms with van der Waals surface area (Å²) in [6.07, 6.45) is 1.53. The first-order chi connectivity index (χ1) is 8.87. The Hall–Kier alpha value is -1.33. The van der Waals surface area contributed by atoms with E-state index in [-0.39, 0.29) is 17.9 Å². The summed E-state index contributed by atoms with van der Waals surface area (Å²) in [5, 5.41) is 9.95. The normalized spacial score (nSPS) is 24.4. The molecular weight excluding hydrogens is 252 g/mol. The molecule has 0 radical (unpaired) electrons. The van der Waals surface area contributed by atoms with E-state index in [1.807, 2.05) is 4.90 Å². The van der Waals surface area contributed by atoms with Gasteiger partial charge in [0.15, 0.2) is 17.4 Å². The predicted molar refractivity (Wildman–Crippen MR) is 67.0 cm³/mol. The van der Waals surface area contributed by atoms with Crippen molar-refractivity contribution in [3.05, 3.63) is 35.4 Å². The molecule has 1 fully saturated rings. The summed E-state index contributed by atoms with van der Waals surface area (Å²) in [6.45, 7) is 3.00. The van der Waals surface area contributed by atoms with E-state index in [4.69, 9.17) is 0 Å². The van der Waals surface area contributed by atoms with E-state index in [0.717, 1.165) is 25.1 Å². The quantitative estimate of drug-likeness (QED) is 0.853. The van der Waals surface area contributed by atoms with Gasteiger partial charge in [-0.25, -0.2) is 8.78 Å². The number of rotatable bonds is 3. The Bertz CT molecular complexity index is 488. The summed E-state index contributed by atoms with van der Waals surface area (Å²) < 4.78 is 25.9. The van der Waals surface area contributed by atoms with Gasteiger partial charge in [0.2, 0.25) is 0 Å². The van der Waals surface area contributed by atoms with Crippen molar-refractivity contribution < 1.29 is 18.7 Å². The van der Waals surface area contributed by atoms with Crippen LogP contribution in [0.3, 0.4) is 0 Å². The first-order valence-electron chi connectivity index (χ1n) is 6.30. The zero-order valence-electron chi connectivity index (χ0n) is 10.8. The highest BCUT2D eigenvalue weighted by Crippen LogP contribution is 2.20. The van der Waals surface area contributed by atoms with Crippen LogP contribution < -0.4 is 0 Å². The van der Waals surface area contributed by atoms with Gasteiger partial charge >= 0.3 is 0 Å². The molecule has 1 heterocycles. The van der Waals surface area contributed by atoms with Crippen LogP contribution >= 0.6 is 0 Å². The summed E-state index contributed by atoms with van der Waals surface area (Å²) in [7, 11) is 0. The lowest BCUT2D eigenvalue weighted by molar-refractivity contribution is -0.0133. The summed E-state index contributed by atoms with van der Waals surface area (Å²) in [4.78, 5) is 13.8. The van der Waals surface area contributed by atoms with Crippen molar-refractivity contribution in [2.75, 3.05) is 19.6 Å². The van der Waals surface area contributed by atoms with E-state index >= 15 is 0 Å². The maximum absolute atomic E-state index is 13.1. The Labute approximate surface area is 110 Å². The van der Waals surface area contributed by atoms with Gasteiger partial charge in [0, 0.05) is 12.1 Å². The lowest BCUT2D eigenvalue weighted by Gasteiger charge is -2.36. The second-order valence-corrected chi connectivity index (χ2v) is 5.36. The van der Waals surface area contributed by atoms with E-state index in [9.17, 15) is 18.7 Å². The number of hydrogen-bond donors (Lipinski definition) is 1. The van der Waals surface area contributed by atoms with Crippen LogP contribution in [0, 0.1) is 11.6 Å². The van der Waals surface area contributed by atoms with Gasteiger partial charge in [-0.1, -0.05) is 0 Å². The van der Waals surface area contributed by atoms with Crippen molar-refractivity contribution in [2.45, 2.75) is 25.4 Å². The third-order valence-electron chi connectivity index (χ3n) is 3.36. The van der Waals surface area contributed by atoms with Crippen LogP contribution in [0.25, 0.3) is 0 Å². The number of ketones is 1. The molecule has 0 aromatic heterocycles. The second kappa shape index (κ2) is 5.35. The molecule has 0 amide bonds. The van der Waals surface area contributed by atoms with Gasteiger partial charge in [-0.3, -0.25) is 9.69 Å². The van der Waals surface area contributed by atoms with Gasteiger partial charge < -0.3 is 5.11 Å². The Morgan fingerprint density at radius 2 is 2.16 bits per heavy atom. The average Bonchev–Trinajstić information content (AvgIpc) is 2.31. The molecule has 0 saturated carbocycles. The van der Waals surface area contributed by atoms with E-state index in [2.05, 4.69) is 0 Å². The molecule has 1 aliphatic heterocycles. The van der Waals surface area contributed by atoms with Crippen LogP contribution in [-0.2, 0) is 0 Å². The number of benzene rings is 1. The molecule has 19 heavy (non-hydrogen) atoms. The largest absolute Gasteiger partial charge is 0.389 e. The standard InChI is InChI=1S/C14H17F2NO2/c1-14(19)5-2-6-17(9-14)8-13(18)10-3-4-11(15)12(16)7-10/h3-4,7,19H,2,5-6,8-9H2,1H3. The first kappa shape index (κ1) is 14.1. The third-order valence-corrected chi connectivity index (χ3v) is 3.36. The number of likely N-dealkylation sites (tertiary alicyclic amines) is 1. The van der Waals surface area contributed by atoms with Crippen LogP contribution in [0.5, 0.6) is 0 Å². The molecule has 1 unspecified atom stereocenters. The third kappa shape index (κ3) is 3.58. The van der Waals surface area contributed by atoms with Crippen LogP contribution in [-0.4, -0.2) is 41.0 Å². The number of Topliss-reactive ketones (excluding diaryl/α,β-unsaturated/α-hetero) is 1. The molecule has 1 saturated heterocycles. The molecule has 1 aliphatic rings. The SMILES string of the molecule is CC1(O)CCCN(CC(=O)c2ccc(F)c(F)c2)C1. The highest BCUT2D eigenvalue weighted by Gasteiger charge is 2.29. The minimum absolute atomic E-state index is 0.112. The summed E-state index contributed by atoms with van der Waals surface area (Å²) in [5.74, 6) is -2.24. The summed E-state index contributed by atoms with van der Waals surface area (Å²) in [5.41, 5.74) is -0.629. The number of β-amino-alcohol motifs (C(OH)–C–C–N with tert-alkyl or cyclic N) is 1. The molecule has 0 aliphatic carbocycles. The van der Waals surface area contributed by atoms with E-state index in [1.165, 1.54) is 6.07 Å². The van der Waals surface area contributed by atoms with Crippen molar-refractivity contribution in [1.29, 1.82) is 0 Å². The lowest BCUT2D eigenvalue weighted by Crippen LogP contribution is -2.47. The number of aliphatic hydroxyl groups is 1. The van der Waals surface area contributed by atoms with Crippen molar-refractivity contribution in [2.24, 2.45) is 0 Å². The maximum atomic E-state index is 13.1. The van der Waals surface area contributed by atoms with Gasteiger partial charge in [-0.05, 0) is 44.5 Å². The minimum atomic E-state index is -1.02. The lowest BCUT2D eigenvalue weighted by atomic mass is 9.95. The monoisotopic (exact) mass is 269 g/mol. The van der Waals surface area contributed by atoms with Crippen molar-refractivity contribution >= 4 is 5.78 Å². The molecule has 0 bridgehead atoms. The Morgan fingerprint density at radius 1 is 1.42 bits per heavy atom. The molecular formula is C14H17F2NO2. The van der Waals surface area contributed by atoms with Crippen molar-refractivity contribution in [3.63, 3.8) is 0 Å². The van der Waals surface area contributed by atoms with Crippen LogP contribution in [0.1, 0.15) is 30.1 Å². The van der Waals surface area contributed by atoms with E-state index < -0.39 is 17.2 Å². The zero-order valence-corrected chi connectivity index (χ0v) is 10.8.